The van der Waals surface area contributed by atoms with E-state index in [-0.39, 0.29) is 5.56 Å². The normalized spacial score (nSPS) is 19.1. The van der Waals surface area contributed by atoms with Crippen LogP contribution in [0.2, 0.25) is 0 Å². The molecule has 1 saturated heterocycles. The van der Waals surface area contributed by atoms with Crippen molar-refractivity contribution in [1.82, 2.24) is 14.7 Å². The summed E-state index contributed by atoms with van der Waals surface area (Å²) in [5.74, 6) is 0.245. The van der Waals surface area contributed by atoms with Gasteiger partial charge in [0.25, 0.3) is 5.56 Å². The molecule has 0 aromatic carbocycles. The Hall–Kier alpha value is -1.75. The monoisotopic (exact) mass is 261 g/mol. The fourth-order valence-electron chi connectivity index (χ4n) is 2.57. The highest BCUT2D eigenvalue weighted by molar-refractivity contribution is 5.38. The predicted octanol–water partition coefficient (Wildman–Crippen LogP) is 1.38. The summed E-state index contributed by atoms with van der Waals surface area (Å²) < 4.78 is 14.3. The molecule has 1 unspecified atom stereocenters. The van der Waals surface area contributed by atoms with Crippen molar-refractivity contribution in [3.8, 4) is 0 Å². The number of fused-ring (bicyclic) bond motifs is 1. The lowest BCUT2D eigenvalue weighted by atomic mass is 10.0. The summed E-state index contributed by atoms with van der Waals surface area (Å²) in [7, 11) is 0. The molecule has 0 spiro atoms. The van der Waals surface area contributed by atoms with Crippen LogP contribution in [-0.4, -0.2) is 22.5 Å². The molecule has 1 aliphatic heterocycles. The van der Waals surface area contributed by atoms with Crippen molar-refractivity contribution >= 4 is 5.65 Å². The molecular formula is C14H16FN3O. The molecule has 3 heterocycles. The summed E-state index contributed by atoms with van der Waals surface area (Å²) in [6.45, 7) is 2.13. The summed E-state index contributed by atoms with van der Waals surface area (Å²) in [5.41, 5.74) is 1.08. The maximum absolute atomic E-state index is 13.1. The smallest absolute Gasteiger partial charge is 0.258 e. The van der Waals surface area contributed by atoms with Crippen LogP contribution >= 0.6 is 0 Å². The third-order valence-electron chi connectivity index (χ3n) is 3.65. The Morgan fingerprint density at radius 3 is 3.16 bits per heavy atom. The van der Waals surface area contributed by atoms with Crippen molar-refractivity contribution in [3.63, 3.8) is 0 Å². The first kappa shape index (κ1) is 12.3. The van der Waals surface area contributed by atoms with E-state index in [0.717, 1.165) is 31.6 Å². The van der Waals surface area contributed by atoms with Crippen molar-refractivity contribution in [2.45, 2.75) is 19.3 Å². The molecule has 3 rings (SSSR count). The summed E-state index contributed by atoms with van der Waals surface area (Å²) in [5, 5.41) is 3.33. The van der Waals surface area contributed by atoms with Crippen LogP contribution < -0.4 is 10.9 Å². The zero-order valence-corrected chi connectivity index (χ0v) is 10.6. The molecule has 1 atom stereocenters. The zero-order valence-electron chi connectivity index (χ0n) is 10.6. The van der Waals surface area contributed by atoms with Gasteiger partial charge >= 0.3 is 0 Å². The van der Waals surface area contributed by atoms with Gasteiger partial charge in [0, 0.05) is 18.0 Å². The van der Waals surface area contributed by atoms with E-state index < -0.39 is 5.82 Å². The highest BCUT2D eigenvalue weighted by Gasteiger charge is 2.14. The van der Waals surface area contributed by atoms with Gasteiger partial charge < -0.3 is 5.32 Å². The molecule has 1 aliphatic rings. The van der Waals surface area contributed by atoms with Crippen molar-refractivity contribution in [2.75, 3.05) is 13.1 Å². The van der Waals surface area contributed by atoms with Crippen molar-refractivity contribution in [1.29, 1.82) is 0 Å². The highest BCUT2D eigenvalue weighted by atomic mass is 19.1. The van der Waals surface area contributed by atoms with Crippen LogP contribution in [0.25, 0.3) is 5.65 Å². The first-order valence-corrected chi connectivity index (χ1v) is 6.61. The lowest BCUT2D eigenvalue weighted by Gasteiger charge is -2.08. The van der Waals surface area contributed by atoms with E-state index in [1.54, 1.807) is 0 Å². The van der Waals surface area contributed by atoms with E-state index in [1.165, 1.54) is 35.2 Å². The molecule has 0 bridgehead atoms. The maximum Gasteiger partial charge on any atom is 0.258 e. The molecule has 5 heteroatoms. The van der Waals surface area contributed by atoms with E-state index in [9.17, 15) is 9.18 Å². The van der Waals surface area contributed by atoms with Crippen molar-refractivity contribution in [3.05, 3.63) is 46.3 Å². The van der Waals surface area contributed by atoms with E-state index in [2.05, 4.69) is 10.3 Å². The third-order valence-corrected chi connectivity index (χ3v) is 3.65. The van der Waals surface area contributed by atoms with Gasteiger partial charge in [-0.3, -0.25) is 9.20 Å². The second-order valence-corrected chi connectivity index (χ2v) is 5.06. The average molecular weight is 261 g/mol. The number of hydrogen-bond acceptors (Lipinski definition) is 3. The number of halogens is 1. The molecule has 19 heavy (non-hydrogen) atoms. The first-order valence-electron chi connectivity index (χ1n) is 6.61. The molecule has 1 N–H and O–H groups in total. The fourth-order valence-corrected chi connectivity index (χ4v) is 2.57. The largest absolute Gasteiger partial charge is 0.316 e. The van der Waals surface area contributed by atoms with Gasteiger partial charge in [-0.2, -0.15) is 0 Å². The van der Waals surface area contributed by atoms with Gasteiger partial charge in [0.15, 0.2) is 0 Å². The van der Waals surface area contributed by atoms with Crippen LogP contribution in [0.5, 0.6) is 0 Å². The Labute approximate surface area is 110 Å². The van der Waals surface area contributed by atoms with Crippen LogP contribution in [0, 0.1) is 11.7 Å². The number of rotatable bonds is 3. The Balaban J connectivity index is 1.84. The molecule has 0 aliphatic carbocycles. The summed E-state index contributed by atoms with van der Waals surface area (Å²) in [6, 6.07) is 4.37. The topological polar surface area (TPSA) is 46.4 Å². The minimum atomic E-state index is -0.429. The minimum Gasteiger partial charge on any atom is -0.316 e. The van der Waals surface area contributed by atoms with Crippen LogP contribution in [0.15, 0.2) is 29.2 Å². The predicted molar refractivity (Wildman–Crippen MR) is 70.7 cm³/mol. The lowest BCUT2D eigenvalue weighted by molar-refractivity contribution is 0.529. The van der Waals surface area contributed by atoms with Crippen molar-refractivity contribution in [2.24, 2.45) is 5.92 Å². The second-order valence-electron chi connectivity index (χ2n) is 5.06. The Bertz CT molecular complexity index is 647. The maximum atomic E-state index is 13.1. The molecule has 2 aromatic rings. The Kier molecular flexibility index (Phi) is 3.29. The number of pyridine rings is 1. The minimum absolute atomic E-state index is 0.218. The Morgan fingerprint density at radius 1 is 1.47 bits per heavy atom. The lowest BCUT2D eigenvalue weighted by Crippen LogP contribution is -2.16. The van der Waals surface area contributed by atoms with Crippen LogP contribution in [0.1, 0.15) is 18.5 Å². The molecule has 0 saturated carbocycles. The van der Waals surface area contributed by atoms with E-state index in [0.29, 0.717) is 11.6 Å². The van der Waals surface area contributed by atoms with Gasteiger partial charge in [0.2, 0.25) is 0 Å². The number of nitrogens with one attached hydrogen (secondary N) is 1. The third kappa shape index (κ3) is 2.66. The van der Waals surface area contributed by atoms with Crippen LogP contribution in [-0.2, 0) is 6.42 Å². The van der Waals surface area contributed by atoms with Gasteiger partial charge in [-0.05, 0) is 50.4 Å². The SMILES string of the molecule is O=c1cc(CCC2CCNC2)nc2ccc(F)cn12. The molecule has 1 fully saturated rings. The van der Waals surface area contributed by atoms with Gasteiger partial charge in [-0.1, -0.05) is 0 Å². The first-order chi connectivity index (χ1) is 9.22. The standard InChI is InChI=1S/C14H16FN3O/c15-11-2-4-13-17-12(7-14(19)18(13)9-11)3-1-10-5-6-16-8-10/h2,4,7,9-10,16H,1,3,5-6,8H2. The Morgan fingerprint density at radius 2 is 2.37 bits per heavy atom. The van der Waals surface area contributed by atoms with Crippen LogP contribution in [0.4, 0.5) is 4.39 Å². The molecule has 4 nitrogen and oxygen atoms in total. The molecule has 2 aromatic heterocycles. The van der Waals surface area contributed by atoms with E-state index in [1.807, 2.05) is 0 Å². The summed E-state index contributed by atoms with van der Waals surface area (Å²) in [4.78, 5) is 16.3. The van der Waals surface area contributed by atoms with Gasteiger partial charge in [0.1, 0.15) is 11.5 Å². The molecule has 0 radical (unpaired) electrons. The average Bonchev–Trinajstić information content (AvgIpc) is 2.90. The summed E-state index contributed by atoms with van der Waals surface area (Å²) in [6.07, 6.45) is 4.21. The molecular weight excluding hydrogens is 245 g/mol. The fraction of sp³-hybridized carbons (Fsp3) is 0.429. The van der Waals surface area contributed by atoms with E-state index in [4.69, 9.17) is 0 Å². The van der Waals surface area contributed by atoms with Crippen molar-refractivity contribution < 1.29 is 4.39 Å². The van der Waals surface area contributed by atoms with Gasteiger partial charge in [-0.15, -0.1) is 0 Å². The van der Waals surface area contributed by atoms with Gasteiger partial charge in [0.05, 0.1) is 0 Å². The van der Waals surface area contributed by atoms with Crippen LogP contribution in [0.3, 0.4) is 0 Å². The number of aryl methyl sites for hydroxylation is 1. The summed E-state index contributed by atoms with van der Waals surface area (Å²) >= 11 is 0. The highest BCUT2D eigenvalue weighted by Crippen LogP contribution is 2.14. The second kappa shape index (κ2) is 5.09. The van der Waals surface area contributed by atoms with E-state index >= 15 is 0 Å². The number of nitrogens with zero attached hydrogens (tertiary/aromatic N) is 2. The zero-order chi connectivity index (χ0) is 13.2. The number of aromatic nitrogens is 2. The van der Waals surface area contributed by atoms with Gasteiger partial charge in [-0.25, -0.2) is 9.37 Å². The quantitative estimate of drug-likeness (QED) is 0.908. The number of hydrogen-bond donors (Lipinski definition) is 1. The molecule has 0 amide bonds. The molecule has 100 valence electrons.